The fourth-order valence-corrected chi connectivity index (χ4v) is 4.37. The van der Waals surface area contributed by atoms with Gasteiger partial charge in [0.2, 0.25) is 11.8 Å². The monoisotopic (exact) mass is 409 g/mol. The number of aryl methyl sites for hydroxylation is 1. The molecule has 2 aromatic rings. The van der Waals surface area contributed by atoms with E-state index in [0.29, 0.717) is 29.9 Å². The number of nitrogens with one attached hydrogen (secondary N) is 1. The van der Waals surface area contributed by atoms with Crippen LogP contribution in [0.25, 0.3) is 0 Å². The number of hydrogen-bond donors (Lipinski definition) is 1. The van der Waals surface area contributed by atoms with Gasteiger partial charge in [0.25, 0.3) is 5.91 Å². The Labute approximate surface area is 174 Å². The molecule has 2 aromatic carbocycles. The summed E-state index contributed by atoms with van der Waals surface area (Å²) in [6.07, 6.45) is 3.42. The summed E-state index contributed by atoms with van der Waals surface area (Å²) in [6.45, 7) is 2.36. The van der Waals surface area contributed by atoms with Crippen LogP contribution in [0.4, 0.5) is 11.4 Å². The molecule has 0 saturated carbocycles. The molecule has 1 saturated heterocycles. The Balaban J connectivity index is 1.62. The van der Waals surface area contributed by atoms with Crippen LogP contribution in [0.15, 0.2) is 47.4 Å². The van der Waals surface area contributed by atoms with Crippen LogP contribution >= 0.6 is 11.8 Å². The molecule has 1 fully saturated rings. The molecule has 29 heavy (non-hydrogen) atoms. The zero-order valence-electron chi connectivity index (χ0n) is 16.5. The largest absolute Gasteiger partial charge is 0.327 e. The normalized spacial score (nSPS) is 18.3. The number of fused-ring (bicyclic) bond motifs is 2. The molecule has 6 nitrogen and oxygen atoms in total. The smallest absolute Gasteiger partial charge is 0.256 e. The van der Waals surface area contributed by atoms with E-state index >= 15 is 0 Å². The molecule has 0 spiro atoms. The van der Waals surface area contributed by atoms with Crippen LogP contribution in [0.3, 0.4) is 0 Å². The minimum absolute atomic E-state index is 0.128. The van der Waals surface area contributed by atoms with E-state index in [9.17, 15) is 14.4 Å². The first-order chi connectivity index (χ1) is 14.0. The summed E-state index contributed by atoms with van der Waals surface area (Å²) in [7, 11) is 0. The average Bonchev–Trinajstić information content (AvgIpc) is 3.19. The van der Waals surface area contributed by atoms with Crippen LogP contribution in [-0.4, -0.2) is 48.0 Å². The molecule has 1 N–H and O–H groups in total. The third kappa shape index (κ3) is 3.74. The van der Waals surface area contributed by atoms with E-state index in [4.69, 9.17) is 0 Å². The molecule has 4 rings (SSSR count). The maximum Gasteiger partial charge on any atom is 0.256 e. The van der Waals surface area contributed by atoms with Crippen molar-refractivity contribution in [3.05, 3.63) is 53.6 Å². The minimum atomic E-state index is -0.496. The second-order valence-electron chi connectivity index (χ2n) is 7.38. The number of benzene rings is 2. The molecule has 150 valence electrons. The van der Waals surface area contributed by atoms with Crippen LogP contribution < -0.4 is 10.2 Å². The van der Waals surface area contributed by atoms with Crippen LogP contribution in [0.2, 0.25) is 0 Å². The Morgan fingerprint density at radius 1 is 1.17 bits per heavy atom. The number of carbonyl (C=O) groups is 3. The fraction of sp³-hybridized carbons (Fsp3) is 0.318. The minimum Gasteiger partial charge on any atom is -0.327 e. The van der Waals surface area contributed by atoms with Crippen molar-refractivity contribution in [2.45, 2.75) is 30.7 Å². The number of thioether (sulfide) groups is 1. The maximum absolute atomic E-state index is 13.2. The van der Waals surface area contributed by atoms with Crippen molar-refractivity contribution in [1.82, 2.24) is 4.90 Å². The van der Waals surface area contributed by atoms with Gasteiger partial charge < -0.3 is 15.1 Å². The highest BCUT2D eigenvalue weighted by Gasteiger charge is 2.42. The summed E-state index contributed by atoms with van der Waals surface area (Å²) < 4.78 is 0. The Morgan fingerprint density at radius 2 is 1.93 bits per heavy atom. The van der Waals surface area contributed by atoms with Gasteiger partial charge in [-0.1, -0.05) is 11.6 Å². The molecule has 2 aliphatic heterocycles. The van der Waals surface area contributed by atoms with Gasteiger partial charge in [0, 0.05) is 17.1 Å². The SMILES string of the molecule is CSc1ccc(NC(=O)CN2C(=O)[C@H]3CCCN3C(=O)c3cc(C)ccc32)cc1. The molecule has 0 radical (unpaired) electrons. The summed E-state index contributed by atoms with van der Waals surface area (Å²) in [5.74, 6) is -0.609. The quantitative estimate of drug-likeness (QED) is 0.787. The maximum atomic E-state index is 13.2. The molecule has 0 unspecified atom stereocenters. The molecular formula is C22H23N3O3S. The van der Waals surface area contributed by atoms with Gasteiger partial charge in [-0.3, -0.25) is 14.4 Å². The van der Waals surface area contributed by atoms with Gasteiger partial charge in [-0.15, -0.1) is 11.8 Å². The van der Waals surface area contributed by atoms with Gasteiger partial charge in [0.1, 0.15) is 12.6 Å². The van der Waals surface area contributed by atoms with Crippen molar-refractivity contribution in [3.63, 3.8) is 0 Å². The van der Waals surface area contributed by atoms with E-state index < -0.39 is 6.04 Å². The van der Waals surface area contributed by atoms with Crippen LogP contribution in [0.1, 0.15) is 28.8 Å². The second kappa shape index (κ2) is 7.91. The van der Waals surface area contributed by atoms with Gasteiger partial charge in [-0.2, -0.15) is 0 Å². The van der Waals surface area contributed by atoms with Gasteiger partial charge >= 0.3 is 0 Å². The van der Waals surface area contributed by atoms with Gasteiger partial charge in [-0.25, -0.2) is 0 Å². The number of rotatable bonds is 4. The third-order valence-corrected chi connectivity index (χ3v) is 6.16. The molecule has 0 aromatic heterocycles. The van der Waals surface area contributed by atoms with E-state index in [1.807, 2.05) is 43.5 Å². The van der Waals surface area contributed by atoms with Crippen LogP contribution in [0, 0.1) is 6.92 Å². The van der Waals surface area contributed by atoms with Crippen molar-refractivity contribution in [3.8, 4) is 0 Å². The lowest BCUT2D eigenvalue weighted by molar-refractivity contribution is -0.124. The predicted molar refractivity (Wildman–Crippen MR) is 114 cm³/mol. The summed E-state index contributed by atoms with van der Waals surface area (Å²) in [6, 6.07) is 12.5. The lowest BCUT2D eigenvalue weighted by Crippen LogP contribution is -2.47. The zero-order chi connectivity index (χ0) is 20.5. The van der Waals surface area contributed by atoms with Gasteiger partial charge in [0.05, 0.1) is 11.3 Å². The molecular weight excluding hydrogens is 386 g/mol. The predicted octanol–water partition coefficient (Wildman–Crippen LogP) is 3.31. The molecule has 1 atom stereocenters. The summed E-state index contributed by atoms with van der Waals surface area (Å²) in [4.78, 5) is 43.2. The first-order valence-electron chi connectivity index (χ1n) is 9.65. The Morgan fingerprint density at radius 3 is 2.66 bits per heavy atom. The topological polar surface area (TPSA) is 69.7 Å². The standard InChI is InChI=1S/C22H23N3O3S/c1-14-5-10-18-17(12-14)21(27)24-11-3-4-19(24)22(28)25(18)13-20(26)23-15-6-8-16(29-2)9-7-15/h5-10,12,19H,3-4,11,13H2,1-2H3,(H,23,26)/t19-/m1/s1. The number of amides is 3. The Bertz CT molecular complexity index is 974. The Hall–Kier alpha value is -2.80. The first-order valence-corrected chi connectivity index (χ1v) is 10.9. The Kier molecular flexibility index (Phi) is 5.32. The summed E-state index contributed by atoms with van der Waals surface area (Å²) >= 11 is 1.63. The van der Waals surface area contributed by atoms with Crippen LogP contribution in [-0.2, 0) is 9.59 Å². The van der Waals surface area contributed by atoms with Crippen molar-refractivity contribution in [2.75, 3.05) is 29.6 Å². The molecule has 2 aliphatic rings. The molecule has 2 heterocycles. The first kappa shape index (κ1) is 19.5. The van der Waals surface area contributed by atoms with Crippen molar-refractivity contribution >= 4 is 40.9 Å². The number of nitrogens with zero attached hydrogens (tertiary/aromatic N) is 2. The van der Waals surface area contributed by atoms with Crippen molar-refractivity contribution in [1.29, 1.82) is 0 Å². The summed E-state index contributed by atoms with van der Waals surface area (Å²) in [5, 5.41) is 2.85. The van der Waals surface area contributed by atoms with E-state index in [1.165, 1.54) is 4.90 Å². The molecule has 7 heteroatoms. The van der Waals surface area contributed by atoms with Crippen molar-refractivity contribution in [2.24, 2.45) is 0 Å². The highest BCUT2D eigenvalue weighted by atomic mass is 32.2. The van der Waals surface area contributed by atoms with E-state index in [1.54, 1.807) is 28.8 Å². The number of hydrogen-bond acceptors (Lipinski definition) is 4. The van der Waals surface area contributed by atoms with E-state index in [0.717, 1.165) is 16.9 Å². The van der Waals surface area contributed by atoms with Gasteiger partial charge in [0.15, 0.2) is 0 Å². The third-order valence-electron chi connectivity index (χ3n) is 5.41. The average molecular weight is 410 g/mol. The van der Waals surface area contributed by atoms with Crippen molar-refractivity contribution < 1.29 is 14.4 Å². The summed E-state index contributed by atoms with van der Waals surface area (Å²) in [5.41, 5.74) is 2.62. The highest BCUT2D eigenvalue weighted by molar-refractivity contribution is 7.98. The second-order valence-corrected chi connectivity index (χ2v) is 8.26. The number of carbonyl (C=O) groups excluding carboxylic acids is 3. The van der Waals surface area contributed by atoms with Crippen LogP contribution in [0.5, 0.6) is 0 Å². The lowest BCUT2D eigenvalue weighted by atomic mass is 10.1. The zero-order valence-corrected chi connectivity index (χ0v) is 17.3. The molecule has 3 amide bonds. The number of anilines is 2. The lowest BCUT2D eigenvalue weighted by Gasteiger charge is -2.25. The highest BCUT2D eigenvalue weighted by Crippen LogP contribution is 2.33. The fourth-order valence-electron chi connectivity index (χ4n) is 3.96. The van der Waals surface area contributed by atoms with E-state index in [2.05, 4.69) is 5.32 Å². The molecule has 0 bridgehead atoms. The van der Waals surface area contributed by atoms with Gasteiger partial charge in [-0.05, 0) is 62.4 Å². The van der Waals surface area contributed by atoms with E-state index in [-0.39, 0.29) is 24.3 Å². The molecule has 0 aliphatic carbocycles.